The van der Waals surface area contributed by atoms with E-state index in [1.54, 1.807) is 0 Å². The third kappa shape index (κ3) is 1.61. The van der Waals surface area contributed by atoms with E-state index in [4.69, 9.17) is 22.8 Å². The Kier molecular flexibility index (Phi) is 2.00. The summed E-state index contributed by atoms with van der Waals surface area (Å²) in [5, 5.41) is 0. The van der Waals surface area contributed by atoms with Gasteiger partial charge in [0.15, 0.2) is 0 Å². The predicted molar refractivity (Wildman–Crippen MR) is 37.5 cm³/mol. The van der Waals surface area contributed by atoms with Crippen LogP contribution in [0.3, 0.4) is 0 Å². The Bertz CT molecular complexity index is 130. The Labute approximate surface area is 60.3 Å². The van der Waals surface area contributed by atoms with Gasteiger partial charge >= 0.3 is 0 Å². The third-order valence-corrected chi connectivity index (χ3v) is 2.03. The van der Waals surface area contributed by atoms with E-state index in [9.17, 15) is 0 Å². The standard InChI is InChI=1S/C7H9ClO/c1-2-7(8)3-5-9-6-4-7/h1H,3-6H2. The van der Waals surface area contributed by atoms with Crippen molar-refractivity contribution in [3.63, 3.8) is 0 Å². The first kappa shape index (κ1) is 6.92. The van der Waals surface area contributed by atoms with Crippen LogP contribution in [0.4, 0.5) is 0 Å². The fraction of sp³-hybridized carbons (Fsp3) is 0.714. The average molecular weight is 145 g/mol. The van der Waals surface area contributed by atoms with E-state index in [0.29, 0.717) is 13.2 Å². The van der Waals surface area contributed by atoms with Crippen molar-refractivity contribution in [1.82, 2.24) is 0 Å². The maximum absolute atomic E-state index is 5.94. The number of halogens is 1. The second-order valence-corrected chi connectivity index (χ2v) is 2.95. The zero-order valence-electron chi connectivity index (χ0n) is 5.19. The van der Waals surface area contributed by atoms with Crippen LogP contribution < -0.4 is 0 Å². The molecule has 0 aromatic rings. The van der Waals surface area contributed by atoms with Gasteiger partial charge in [-0.15, -0.1) is 18.0 Å². The van der Waals surface area contributed by atoms with Gasteiger partial charge in [0, 0.05) is 26.1 Å². The summed E-state index contributed by atoms with van der Waals surface area (Å²) in [4.78, 5) is -0.405. The van der Waals surface area contributed by atoms with Gasteiger partial charge in [0.25, 0.3) is 0 Å². The zero-order chi connectivity index (χ0) is 6.74. The Morgan fingerprint density at radius 1 is 1.44 bits per heavy atom. The molecule has 0 saturated carbocycles. The number of alkyl halides is 1. The highest BCUT2D eigenvalue weighted by atomic mass is 35.5. The molecule has 1 nitrogen and oxygen atoms in total. The van der Waals surface area contributed by atoms with Crippen molar-refractivity contribution in [2.24, 2.45) is 0 Å². The summed E-state index contributed by atoms with van der Waals surface area (Å²) in [6.45, 7) is 1.40. The van der Waals surface area contributed by atoms with Gasteiger partial charge in [-0.25, -0.2) is 0 Å². The van der Waals surface area contributed by atoms with Crippen molar-refractivity contribution in [2.75, 3.05) is 13.2 Å². The van der Waals surface area contributed by atoms with Gasteiger partial charge in [0.2, 0.25) is 0 Å². The molecule has 1 rings (SSSR count). The highest BCUT2D eigenvalue weighted by Gasteiger charge is 2.26. The van der Waals surface area contributed by atoms with Gasteiger partial charge in [0.05, 0.1) is 0 Å². The van der Waals surface area contributed by atoms with Gasteiger partial charge in [0.1, 0.15) is 4.87 Å². The minimum Gasteiger partial charge on any atom is -0.381 e. The molecule has 0 aromatic carbocycles. The molecule has 1 saturated heterocycles. The number of hydrogen-bond donors (Lipinski definition) is 0. The maximum atomic E-state index is 5.94. The molecule has 1 aliphatic heterocycles. The molecule has 1 aliphatic rings. The van der Waals surface area contributed by atoms with E-state index in [0.717, 1.165) is 12.8 Å². The normalized spacial score (nSPS) is 24.9. The number of terminal acetylenes is 1. The molecule has 0 radical (unpaired) electrons. The minimum atomic E-state index is -0.405. The lowest BCUT2D eigenvalue weighted by Crippen LogP contribution is -2.28. The molecule has 1 fully saturated rings. The zero-order valence-corrected chi connectivity index (χ0v) is 5.95. The summed E-state index contributed by atoms with van der Waals surface area (Å²) in [5.41, 5.74) is 0. The lowest BCUT2D eigenvalue weighted by atomic mass is 10.0. The molecule has 0 spiro atoms. The second kappa shape index (κ2) is 2.60. The summed E-state index contributed by atoms with van der Waals surface area (Å²) in [6.07, 6.45) is 6.77. The van der Waals surface area contributed by atoms with Crippen LogP contribution in [0.5, 0.6) is 0 Å². The van der Waals surface area contributed by atoms with Crippen LogP contribution in [0.25, 0.3) is 0 Å². The average Bonchev–Trinajstić information content (AvgIpc) is 1.90. The van der Waals surface area contributed by atoms with Crippen molar-refractivity contribution in [1.29, 1.82) is 0 Å². The van der Waals surface area contributed by atoms with Crippen LogP contribution in [0, 0.1) is 12.3 Å². The predicted octanol–water partition coefficient (Wildman–Crippen LogP) is 1.41. The summed E-state index contributed by atoms with van der Waals surface area (Å²) in [5.74, 6) is 2.57. The lowest BCUT2D eigenvalue weighted by molar-refractivity contribution is 0.0875. The Morgan fingerprint density at radius 3 is 2.33 bits per heavy atom. The number of rotatable bonds is 0. The number of ether oxygens (including phenoxy) is 1. The molecule has 0 atom stereocenters. The smallest absolute Gasteiger partial charge is 0.109 e. The fourth-order valence-corrected chi connectivity index (χ4v) is 0.994. The van der Waals surface area contributed by atoms with Crippen molar-refractivity contribution in [3.05, 3.63) is 0 Å². The molecule has 0 bridgehead atoms. The largest absolute Gasteiger partial charge is 0.381 e. The van der Waals surface area contributed by atoms with Gasteiger partial charge in [-0.05, 0) is 0 Å². The van der Waals surface area contributed by atoms with Gasteiger partial charge in [-0.2, -0.15) is 0 Å². The van der Waals surface area contributed by atoms with Gasteiger partial charge in [-0.1, -0.05) is 5.92 Å². The van der Waals surface area contributed by atoms with Crippen LogP contribution in [0.2, 0.25) is 0 Å². The monoisotopic (exact) mass is 144 g/mol. The van der Waals surface area contributed by atoms with E-state index >= 15 is 0 Å². The lowest BCUT2D eigenvalue weighted by Gasteiger charge is -2.25. The Balaban J connectivity index is 2.49. The van der Waals surface area contributed by atoms with E-state index in [-0.39, 0.29) is 0 Å². The minimum absolute atomic E-state index is 0.405. The van der Waals surface area contributed by atoms with Crippen LogP contribution in [0.15, 0.2) is 0 Å². The van der Waals surface area contributed by atoms with Crippen molar-refractivity contribution in [3.8, 4) is 12.3 Å². The first-order valence-electron chi connectivity index (χ1n) is 3.01. The highest BCUT2D eigenvalue weighted by Crippen LogP contribution is 2.26. The summed E-state index contributed by atoms with van der Waals surface area (Å²) in [7, 11) is 0. The molecule has 50 valence electrons. The molecule has 2 heteroatoms. The van der Waals surface area contributed by atoms with Gasteiger partial charge < -0.3 is 4.74 Å². The van der Waals surface area contributed by atoms with Crippen LogP contribution in [0.1, 0.15) is 12.8 Å². The molecule has 1 heterocycles. The van der Waals surface area contributed by atoms with Crippen LogP contribution >= 0.6 is 11.6 Å². The Morgan fingerprint density at radius 2 is 2.00 bits per heavy atom. The number of hydrogen-bond acceptors (Lipinski definition) is 1. The SMILES string of the molecule is C#CC1(Cl)CCOCC1. The van der Waals surface area contributed by atoms with Crippen molar-refractivity contribution >= 4 is 11.6 Å². The highest BCUT2D eigenvalue weighted by molar-refractivity contribution is 6.26. The Hall–Kier alpha value is -0.190. The molecule has 0 amide bonds. The molecular weight excluding hydrogens is 136 g/mol. The first-order chi connectivity index (χ1) is 4.27. The van der Waals surface area contributed by atoms with E-state index in [1.807, 2.05) is 0 Å². The van der Waals surface area contributed by atoms with Crippen LogP contribution in [-0.4, -0.2) is 18.1 Å². The topological polar surface area (TPSA) is 9.23 Å². The summed E-state index contributed by atoms with van der Waals surface area (Å²) in [6, 6.07) is 0. The molecule has 0 aliphatic carbocycles. The molecule has 0 N–H and O–H groups in total. The molecule has 9 heavy (non-hydrogen) atoms. The van der Waals surface area contributed by atoms with E-state index < -0.39 is 4.87 Å². The third-order valence-electron chi connectivity index (χ3n) is 1.54. The van der Waals surface area contributed by atoms with Crippen molar-refractivity contribution < 1.29 is 4.74 Å². The molecular formula is C7H9ClO. The van der Waals surface area contributed by atoms with Crippen molar-refractivity contribution in [2.45, 2.75) is 17.7 Å². The molecule has 0 aromatic heterocycles. The first-order valence-corrected chi connectivity index (χ1v) is 3.39. The molecule has 0 unspecified atom stereocenters. The second-order valence-electron chi connectivity index (χ2n) is 2.22. The van der Waals surface area contributed by atoms with Crippen LogP contribution in [-0.2, 0) is 4.74 Å². The summed E-state index contributed by atoms with van der Waals surface area (Å²) >= 11 is 5.94. The van der Waals surface area contributed by atoms with E-state index in [1.165, 1.54) is 0 Å². The van der Waals surface area contributed by atoms with E-state index in [2.05, 4.69) is 5.92 Å². The van der Waals surface area contributed by atoms with Gasteiger partial charge in [-0.3, -0.25) is 0 Å². The summed E-state index contributed by atoms with van der Waals surface area (Å²) < 4.78 is 5.09. The fourth-order valence-electron chi connectivity index (χ4n) is 0.839. The maximum Gasteiger partial charge on any atom is 0.109 e. The quantitative estimate of drug-likeness (QED) is 0.369.